The first kappa shape index (κ1) is 24.3. The van der Waals surface area contributed by atoms with Crippen molar-refractivity contribution in [2.75, 3.05) is 13.2 Å². The zero-order valence-electron chi connectivity index (χ0n) is 18.6. The van der Waals surface area contributed by atoms with Gasteiger partial charge < -0.3 is 25.6 Å². The van der Waals surface area contributed by atoms with Crippen molar-refractivity contribution in [2.24, 2.45) is 0 Å². The van der Waals surface area contributed by atoms with Gasteiger partial charge in [0.25, 0.3) is 0 Å². The number of aliphatic hydroxyl groups is 1. The summed E-state index contributed by atoms with van der Waals surface area (Å²) in [7, 11) is 0. The van der Waals surface area contributed by atoms with Crippen molar-refractivity contribution in [3.8, 4) is 11.1 Å². The molecule has 0 aromatic heterocycles. The van der Waals surface area contributed by atoms with Crippen molar-refractivity contribution in [3.05, 3.63) is 59.7 Å². The van der Waals surface area contributed by atoms with Crippen LogP contribution >= 0.6 is 0 Å². The lowest BCUT2D eigenvalue weighted by molar-refractivity contribution is -0.143. The number of amides is 2. The molecule has 8 heteroatoms. The van der Waals surface area contributed by atoms with Crippen LogP contribution in [0, 0.1) is 0 Å². The smallest absolute Gasteiger partial charge is 0.407 e. The Kier molecular flexibility index (Phi) is 8.43. The highest BCUT2D eigenvalue weighted by Crippen LogP contribution is 2.44. The van der Waals surface area contributed by atoms with E-state index in [1.165, 1.54) is 0 Å². The van der Waals surface area contributed by atoms with Crippen LogP contribution in [-0.2, 0) is 14.3 Å². The lowest BCUT2D eigenvalue weighted by Crippen LogP contribution is -2.46. The molecule has 0 aliphatic heterocycles. The minimum atomic E-state index is -1.38. The van der Waals surface area contributed by atoms with E-state index in [1.54, 1.807) is 0 Å². The number of alkyl carbamates (subject to hydrolysis) is 1. The number of fused-ring (bicyclic) bond motifs is 3. The Balaban J connectivity index is 1.60. The number of carboxylic acids is 1. The number of aliphatic hydroxyl groups excluding tert-OH is 1. The van der Waals surface area contributed by atoms with Gasteiger partial charge in [-0.25, -0.2) is 9.59 Å². The molecular weight excluding hydrogens is 424 g/mol. The minimum Gasteiger partial charge on any atom is -0.480 e. The highest BCUT2D eigenvalue weighted by Gasteiger charge is 2.29. The van der Waals surface area contributed by atoms with Crippen molar-refractivity contribution in [2.45, 2.75) is 50.6 Å². The molecule has 4 N–H and O–H groups in total. The number of nitrogens with one attached hydrogen (secondary N) is 2. The summed E-state index contributed by atoms with van der Waals surface area (Å²) in [6.07, 6.45) is 1.48. The number of ether oxygens (including phenoxy) is 1. The molecule has 3 rings (SSSR count). The molecule has 0 saturated carbocycles. The average Bonchev–Trinajstić information content (AvgIpc) is 3.13. The van der Waals surface area contributed by atoms with Crippen LogP contribution in [0.15, 0.2) is 48.5 Å². The molecule has 0 heterocycles. The number of hydrogen-bond donors (Lipinski definition) is 4. The van der Waals surface area contributed by atoms with E-state index >= 15 is 0 Å². The third-order valence-electron chi connectivity index (χ3n) is 5.82. The first-order chi connectivity index (χ1) is 15.9. The molecule has 176 valence electrons. The molecule has 8 nitrogen and oxygen atoms in total. The Morgan fingerprint density at radius 2 is 1.61 bits per heavy atom. The molecule has 0 fully saturated rings. The predicted octanol–water partition coefficient (Wildman–Crippen LogP) is 3.04. The third-order valence-corrected chi connectivity index (χ3v) is 5.82. The SMILES string of the molecule is CCCC[C@H](CC(=O)N[C@@H](CO)C(=O)O)NC(=O)OCC1c2ccccc2-c2ccccc21. The molecule has 0 radical (unpaired) electrons. The highest BCUT2D eigenvalue weighted by molar-refractivity contribution is 5.84. The Morgan fingerprint density at radius 3 is 2.15 bits per heavy atom. The molecule has 33 heavy (non-hydrogen) atoms. The maximum atomic E-state index is 12.6. The van der Waals surface area contributed by atoms with Crippen LogP contribution in [0.1, 0.15) is 49.7 Å². The summed E-state index contributed by atoms with van der Waals surface area (Å²) >= 11 is 0. The van der Waals surface area contributed by atoms with Gasteiger partial charge in [-0.15, -0.1) is 0 Å². The van der Waals surface area contributed by atoms with Gasteiger partial charge >= 0.3 is 12.1 Å². The third kappa shape index (κ3) is 6.10. The van der Waals surface area contributed by atoms with E-state index in [0.717, 1.165) is 35.1 Å². The van der Waals surface area contributed by atoms with Crippen LogP contribution in [-0.4, -0.2) is 53.5 Å². The first-order valence-corrected chi connectivity index (χ1v) is 11.2. The molecule has 0 saturated heterocycles. The monoisotopic (exact) mass is 454 g/mol. The van der Waals surface area contributed by atoms with Crippen molar-refractivity contribution < 1.29 is 29.3 Å². The summed E-state index contributed by atoms with van der Waals surface area (Å²) in [5.74, 6) is -1.95. The van der Waals surface area contributed by atoms with Crippen molar-refractivity contribution in [1.82, 2.24) is 10.6 Å². The number of carbonyl (C=O) groups excluding carboxylic acids is 2. The number of unbranched alkanes of at least 4 members (excludes halogenated alkanes) is 1. The number of carboxylic acid groups (broad SMARTS) is 1. The fourth-order valence-electron chi connectivity index (χ4n) is 4.15. The molecule has 1 aliphatic carbocycles. The van der Waals surface area contributed by atoms with E-state index in [-0.39, 0.29) is 18.9 Å². The maximum Gasteiger partial charge on any atom is 0.407 e. The van der Waals surface area contributed by atoms with Crippen LogP contribution in [0.25, 0.3) is 11.1 Å². The zero-order valence-corrected chi connectivity index (χ0v) is 18.6. The van der Waals surface area contributed by atoms with E-state index < -0.39 is 36.7 Å². The zero-order chi connectivity index (χ0) is 23.8. The van der Waals surface area contributed by atoms with Gasteiger partial charge in [0.1, 0.15) is 12.6 Å². The largest absolute Gasteiger partial charge is 0.480 e. The summed E-state index contributed by atoms with van der Waals surface area (Å²) in [5, 5.41) is 23.1. The predicted molar refractivity (Wildman–Crippen MR) is 123 cm³/mol. The van der Waals surface area contributed by atoms with Gasteiger partial charge in [-0.3, -0.25) is 4.79 Å². The number of rotatable bonds is 11. The quantitative estimate of drug-likeness (QED) is 0.414. The molecule has 0 spiro atoms. The van der Waals surface area contributed by atoms with Crippen molar-refractivity contribution >= 4 is 18.0 Å². The topological polar surface area (TPSA) is 125 Å². The Labute approximate surface area is 193 Å². The Bertz CT molecular complexity index is 947. The normalized spacial score (nSPS) is 14.0. The van der Waals surface area contributed by atoms with E-state index in [1.807, 2.05) is 43.3 Å². The van der Waals surface area contributed by atoms with Gasteiger partial charge in [0.2, 0.25) is 5.91 Å². The summed E-state index contributed by atoms with van der Waals surface area (Å²) in [6, 6.07) is 14.2. The standard InChI is InChI=1S/C25H30N2O6/c1-2-3-8-16(13-23(29)27-22(14-28)24(30)31)26-25(32)33-15-21-19-11-6-4-9-17(19)18-10-5-7-12-20(18)21/h4-7,9-12,16,21-22,28H,2-3,8,13-15H2,1H3,(H,26,32)(H,27,29)(H,30,31)/t16-,22+/m1/s1. The van der Waals surface area contributed by atoms with Gasteiger partial charge in [-0.2, -0.15) is 0 Å². The lowest BCUT2D eigenvalue weighted by atomic mass is 9.98. The van der Waals surface area contributed by atoms with Crippen LogP contribution in [0.4, 0.5) is 4.79 Å². The van der Waals surface area contributed by atoms with Crippen LogP contribution in [0.5, 0.6) is 0 Å². The van der Waals surface area contributed by atoms with Gasteiger partial charge in [0.15, 0.2) is 0 Å². The molecule has 2 aromatic rings. The van der Waals surface area contributed by atoms with E-state index in [9.17, 15) is 14.4 Å². The van der Waals surface area contributed by atoms with Gasteiger partial charge in [0.05, 0.1) is 6.61 Å². The van der Waals surface area contributed by atoms with Gasteiger partial charge in [-0.1, -0.05) is 68.3 Å². The Hall–Kier alpha value is -3.39. The van der Waals surface area contributed by atoms with Crippen molar-refractivity contribution in [1.29, 1.82) is 0 Å². The molecule has 2 atom stereocenters. The van der Waals surface area contributed by atoms with Crippen molar-refractivity contribution in [3.63, 3.8) is 0 Å². The number of benzene rings is 2. The second kappa shape index (κ2) is 11.5. The molecule has 1 aliphatic rings. The van der Waals surface area contributed by atoms with E-state index in [0.29, 0.717) is 6.42 Å². The molecule has 0 bridgehead atoms. The Morgan fingerprint density at radius 1 is 1.00 bits per heavy atom. The van der Waals surface area contributed by atoms with E-state index in [2.05, 4.69) is 22.8 Å². The fraction of sp³-hybridized carbons (Fsp3) is 0.400. The second-order valence-electron chi connectivity index (χ2n) is 8.15. The summed E-state index contributed by atoms with van der Waals surface area (Å²) < 4.78 is 5.56. The van der Waals surface area contributed by atoms with Crippen LogP contribution in [0.3, 0.4) is 0 Å². The van der Waals surface area contributed by atoms with Crippen LogP contribution < -0.4 is 10.6 Å². The second-order valence-corrected chi connectivity index (χ2v) is 8.15. The molecule has 2 amide bonds. The number of hydrogen-bond acceptors (Lipinski definition) is 5. The molecule has 2 aromatic carbocycles. The lowest BCUT2D eigenvalue weighted by Gasteiger charge is -2.20. The molecule has 0 unspecified atom stereocenters. The van der Waals surface area contributed by atoms with Gasteiger partial charge in [-0.05, 0) is 28.7 Å². The number of aliphatic carboxylic acids is 1. The highest BCUT2D eigenvalue weighted by atomic mass is 16.5. The van der Waals surface area contributed by atoms with E-state index in [4.69, 9.17) is 14.9 Å². The van der Waals surface area contributed by atoms with Crippen LogP contribution in [0.2, 0.25) is 0 Å². The first-order valence-electron chi connectivity index (χ1n) is 11.2. The minimum absolute atomic E-state index is 0.0681. The number of carbonyl (C=O) groups is 3. The average molecular weight is 455 g/mol. The summed E-state index contributed by atoms with van der Waals surface area (Å²) in [6.45, 7) is 1.45. The fourth-order valence-corrected chi connectivity index (χ4v) is 4.15. The molecular formula is C25H30N2O6. The van der Waals surface area contributed by atoms with Gasteiger partial charge in [0, 0.05) is 18.4 Å². The maximum absolute atomic E-state index is 12.6. The summed E-state index contributed by atoms with van der Waals surface area (Å²) in [5.41, 5.74) is 4.49. The summed E-state index contributed by atoms with van der Waals surface area (Å²) in [4.78, 5) is 35.8.